The summed E-state index contributed by atoms with van der Waals surface area (Å²) in [6.07, 6.45) is 1.16. The summed E-state index contributed by atoms with van der Waals surface area (Å²) >= 11 is 1.55. The van der Waals surface area contributed by atoms with E-state index < -0.39 is 0 Å². The van der Waals surface area contributed by atoms with E-state index in [1.54, 1.807) is 47.0 Å². The molecule has 0 aromatic heterocycles. The van der Waals surface area contributed by atoms with Crippen LogP contribution in [-0.4, -0.2) is 23.1 Å². The second-order valence-electron chi connectivity index (χ2n) is 6.54. The van der Waals surface area contributed by atoms with E-state index in [4.69, 9.17) is 22.1 Å². The van der Waals surface area contributed by atoms with Gasteiger partial charge in [-0.3, -0.25) is 15.5 Å². The maximum Gasteiger partial charge on any atom is 0.237 e. The molecule has 3 aromatic carbocycles. The number of amides is 1. The summed E-state index contributed by atoms with van der Waals surface area (Å²) in [5, 5.41) is 15.4. The number of carbonyl (C=O) groups excluding carboxylic acids is 1. The zero-order chi connectivity index (χ0) is 21.5. The van der Waals surface area contributed by atoms with Gasteiger partial charge in [-0.05, 0) is 29.8 Å². The SMILES string of the molecule is N=Cc1ccc(NO)cc1N.[NH-]c1ccc2c(c1)N(Cc1ccccc1)C(=O)CS2.[Y]. The van der Waals surface area contributed by atoms with Crippen molar-refractivity contribution in [2.24, 2.45) is 0 Å². The number of nitrogens with one attached hydrogen (secondary N) is 3. The molecule has 9 heteroatoms. The predicted molar refractivity (Wildman–Crippen MR) is 123 cm³/mol. The van der Waals surface area contributed by atoms with Crippen molar-refractivity contribution in [1.82, 2.24) is 0 Å². The van der Waals surface area contributed by atoms with Gasteiger partial charge < -0.3 is 21.8 Å². The number of nitrogen functional groups attached to an aromatic ring is 1. The van der Waals surface area contributed by atoms with Gasteiger partial charge in [0.2, 0.25) is 5.91 Å². The molecule has 6 N–H and O–H groups in total. The van der Waals surface area contributed by atoms with Gasteiger partial charge in [-0.2, -0.15) is 0 Å². The number of fused-ring (bicyclic) bond motifs is 1. The first kappa shape index (κ1) is 24.9. The third-order valence-corrected chi connectivity index (χ3v) is 5.50. The van der Waals surface area contributed by atoms with Gasteiger partial charge in [-0.15, -0.1) is 17.4 Å². The van der Waals surface area contributed by atoms with Crippen LogP contribution in [0.2, 0.25) is 0 Å². The fourth-order valence-corrected chi connectivity index (χ4v) is 3.83. The number of thioether (sulfide) groups is 1. The fraction of sp³-hybridized carbons (Fsp3) is 0.0909. The minimum absolute atomic E-state index is 0. The Morgan fingerprint density at radius 3 is 2.55 bits per heavy atom. The molecule has 1 heterocycles. The predicted octanol–water partition coefficient (Wildman–Crippen LogP) is 5.07. The second kappa shape index (κ2) is 11.9. The summed E-state index contributed by atoms with van der Waals surface area (Å²) in [6, 6.07) is 20.2. The Hall–Kier alpha value is -2.39. The Kier molecular flexibility index (Phi) is 9.52. The zero-order valence-corrected chi connectivity index (χ0v) is 20.4. The Morgan fingerprint density at radius 2 is 1.90 bits per heavy atom. The number of hydrogen-bond acceptors (Lipinski definition) is 6. The van der Waals surface area contributed by atoms with Gasteiger partial charge in [0.15, 0.2) is 0 Å². The summed E-state index contributed by atoms with van der Waals surface area (Å²) in [4.78, 5) is 15.0. The van der Waals surface area contributed by atoms with Crippen molar-refractivity contribution in [3.63, 3.8) is 0 Å². The Bertz CT molecular complexity index is 1050. The molecule has 0 spiro atoms. The van der Waals surface area contributed by atoms with Gasteiger partial charge in [0.1, 0.15) is 0 Å². The van der Waals surface area contributed by atoms with Crippen LogP contribution in [0.3, 0.4) is 0 Å². The summed E-state index contributed by atoms with van der Waals surface area (Å²) in [5.41, 5.74) is 19.2. The standard InChI is InChI=1S/C15H13N2OS.C7H9N3O.Y/c16-12-6-7-14-13(8-12)17(15(18)10-19-14)9-11-4-2-1-3-5-11;8-4-5-1-2-6(10-11)3-7(5)9;/h1-8,16H,9-10H2;1-4,8,10-11H,9H2;/q-1;;. The van der Waals surface area contributed by atoms with Crippen molar-refractivity contribution < 1.29 is 42.7 Å². The van der Waals surface area contributed by atoms with E-state index in [2.05, 4.69) is 0 Å². The van der Waals surface area contributed by atoms with E-state index in [1.165, 1.54) is 0 Å². The van der Waals surface area contributed by atoms with E-state index in [0.717, 1.165) is 22.4 Å². The maximum absolute atomic E-state index is 12.1. The van der Waals surface area contributed by atoms with Crippen molar-refractivity contribution >= 4 is 46.6 Å². The molecule has 1 radical (unpaired) electrons. The summed E-state index contributed by atoms with van der Waals surface area (Å²) < 4.78 is 0. The van der Waals surface area contributed by atoms with Crippen LogP contribution >= 0.6 is 11.8 Å². The molecule has 4 rings (SSSR count). The number of benzene rings is 3. The van der Waals surface area contributed by atoms with E-state index in [1.807, 2.05) is 41.9 Å². The topological polar surface area (TPSA) is 126 Å². The zero-order valence-electron chi connectivity index (χ0n) is 16.7. The van der Waals surface area contributed by atoms with Gasteiger partial charge in [0.25, 0.3) is 0 Å². The summed E-state index contributed by atoms with van der Waals surface area (Å²) in [7, 11) is 0. The number of rotatable bonds is 4. The van der Waals surface area contributed by atoms with Crippen LogP contribution in [0.15, 0.2) is 71.6 Å². The van der Waals surface area contributed by atoms with E-state index >= 15 is 0 Å². The van der Waals surface area contributed by atoms with Crippen LogP contribution in [0.25, 0.3) is 5.73 Å². The third kappa shape index (κ3) is 6.54. The molecule has 0 atom stereocenters. The van der Waals surface area contributed by atoms with E-state index in [0.29, 0.717) is 34.9 Å². The number of anilines is 3. The molecular formula is C22H22N5O2SY-. The minimum Gasteiger partial charge on any atom is -0.699 e. The first-order chi connectivity index (χ1) is 14.5. The number of nitrogens with zero attached hydrogens (tertiary/aromatic N) is 1. The molecular weight excluding hydrogens is 487 g/mol. The average molecular weight is 509 g/mol. The summed E-state index contributed by atoms with van der Waals surface area (Å²) in [5.74, 6) is 0.573. The van der Waals surface area contributed by atoms with Crippen LogP contribution in [-0.2, 0) is 44.0 Å². The smallest absolute Gasteiger partial charge is 0.237 e. The van der Waals surface area contributed by atoms with Crippen LogP contribution in [0.4, 0.5) is 22.7 Å². The minimum atomic E-state index is 0. The van der Waals surface area contributed by atoms with Gasteiger partial charge in [0.05, 0.1) is 23.7 Å². The molecule has 0 fully saturated rings. The van der Waals surface area contributed by atoms with Gasteiger partial charge in [-0.1, -0.05) is 42.5 Å². The number of hydrogen-bond donors (Lipinski definition) is 4. The monoisotopic (exact) mass is 509 g/mol. The molecule has 0 saturated heterocycles. The molecule has 1 amide bonds. The molecule has 7 nitrogen and oxygen atoms in total. The molecule has 1 aliphatic heterocycles. The molecule has 157 valence electrons. The average Bonchev–Trinajstić information content (AvgIpc) is 2.77. The molecule has 0 saturated carbocycles. The van der Waals surface area contributed by atoms with Crippen LogP contribution in [0.1, 0.15) is 11.1 Å². The number of nitrogens with two attached hydrogens (primary N) is 1. The first-order valence-corrected chi connectivity index (χ1v) is 10.1. The van der Waals surface area contributed by atoms with Crippen molar-refractivity contribution in [3.05, 3.63) is 83.6 Å². The third-order valence-electron chi connectivity index (χ3n) is 4.46. The molecule has 1 aliphatic rings. The normalized spacial score (nSPS) is 12.0. The van der Waals surface area contributed by atoms with Crippen LogP contribution < -0.4 is 16.1 Å². The van der Waals surface area contributed by atoms with Crippen molar-refractivity contribution in [1.29, 1.82) is 5.41 Å². The van der Waals surface area contributed by atoms with Crippen molar-refractivity contribution in [2.45, 2.75) is 11.4 Å². The molecule has 0 bridgehead atoms. The summed E-state index contributed by atoms with van der Waals surface area (Å²) in [6.45, 7) is 0.566. The Balaban J connectivity index is 0.000000245. The van der Waals surface area contributed by atoms with Gasteiger partial charge in [0, 0.05) is 55.1 Å². The Labute approximate surface area is 210 Å². The number of carbonyl (C=O) groups is 1. The first-order valence-electron chi connectivity index (χ1n) is 9.14. The molecule has 31 heavy (non-hydrogen) atoms. The fourth-order valence-electron chi connectivity index (χ4n) is 2.92. The molecule has 0 unspecified atom stereocenters. The second-order valence-corrected chi connectivity index (χ2v) is 7.55. The van der Waals surface area contributed by atoms with Crippen molar-refractivity contribution in [3.8, 4) is 0 Å². The van der Waals surface area contributed by atoms with Crippen molar-refractivity contribution in [2.75, 3.05) is 21.9 Å². The van der Waals surface area contributed by atoms with E-state index in [9.17, 15) is 4.79 Å². The van der Waals surface area contributed by atoms with E-state index in [-0.39, 0.29) is 38.6 Å². The Morgan fingerprint density at radius 1 is 1.16 bits per heavy atom. The maximum atomic E-state index is 12.1. The molecule has 3 aromatic rings. The quantitative estimate of drug-likeness (QED) is 0.222. The van der Waals surface area contributed by atoms with Gasteiger partial charge in [-0.25, -0.2) is 0 Å². The van der Waals surface area contributed by atoms with Gasteiger partial charge >= 0.3 is 0 Å². The largest absolute Gasteiger partial charge is 0.699 e. The van der Waals surface area contributed by atoms with Crippen LogP contribution in [0.5, 0.6) is 0 Å². The van der Waals surface area contributed by atoms with Crippen LogP contribution in [0, 0.1) is 5.41 Å². The molecule has 0 aliphatic carbocycles.